The highest BCUT2D eigenvalue weighted by molar-refractivity contribution is 7.10. The highest BCUT2D eigenvalue weighted by Crippen LogP contribution is 2.29. The van der Waals surface area contributed by atoms with Gasteiger partial charge < -0.3 is 10.1 Å². The van der Waals surface area contributed by atoms with Gasteiger partial charge >= 0.3 is 0 Å². The standard InChI is InChI=1S/C16H26N2O2S/c1-12(17-15(19)16(2,3)4)14(13-6-5-11-21-13)18-7-9-20-10-8-18/h5-6,11-12,14H,7-10H2,1-4H3,(H,17,19)/t12-,14-/m1/s1. The van der Waals surface area contributed by atoms with E-state index in [4.69, 9.17) is 4.74 Å². The predicted octanol–water partition coefficient (Wildman–Crippen LogP) is 2.67. The van der Waals surface area contributed by atoms with E-state index < -0.39 is 0 Å². The number of hydrogen-bond acceptors (Lipinski definition) is 4. The molecule has 0 bridgehead atoms. The lowest BCUT2D eigenvalue weighted by Gasteiger charge is -2.38. The molecule has 21 heavy (non-hydrogen) atoms. The predicted molar refractivity (Wildman–Crippen MR) is 86.5 cm³/mol. The molecule has 1 saturated heterocycles. The molecule has 0 unspecified atom stereocenters. The summed E-state index contributed by atoms with van der Waals surface area (Å²) in [6.45, 7) is 11.3. The second-order valence-corrected chi connectivity index (χ2v) is 7.60. The Hall–Kier alpha value is -0.910. The monoisotopic (exact) mass is 310 g/mol. The van der Waals surface area contributed by atoms with Crippen LogP contribution in [0.1, 0.15) is 38.6 Å². The second-order valence-electron chi connectivity index (χ2n) is 6.62. The molecule has 1 N–H and O–H groups in total. The molecule has 118 valence electrons. The quantitative estimate of drug-likeness (QED) is 0.929. The van der Waals surface area contributed by atoms with Gasteiger partial charge in [0.1, 0.15) is 0 Å². The Morgan fingerprint density at radius 3 is 2.57 bits per heavy atom. The zero-order chi connectivity index (χ0) is 15.5. The van der Waals surface area contributed by atoms with E-state index in [9.17, 15) is 4.79 Å². The minimum atomic E-state index is -0.362. The summed E-state index contributed by atoms with van der Waals surface area (Å²) < 4.78 is 5.46. The molecule has 0 saturated carbocycles. The van der Waals surface area contributed by atoms with Crippen LogP contribution in [0.15, 0.2) is 17.5 Å². The van der Waals surface area contributed by atoms with E-state index in [2.05, 4.69) is 34.7 Å². The van der Waals surface area contributed by atoms with Gasteiger partial charge in [0.2, 0.25) is 5.91 Å². The first-order valence-corrected chi connectivity index (χ1v) is 8.43. The number of thiophene rings is 1. The summed E-state index contributed by atoms with van der Waals surface area (Å²) in [4.78, 5) is 16.0. The van der Waals surface area contributed by atoms with Crippen molar-refractivity contribution in [2.45, 2.75) is 39.8 Å². The lowest BCUT2D eigenvalue weighted by Crippen LogP contribution is -2.50. The first-order chi connectivity index (χ1) is 9.89. The van der Waals surface area contributed by atoms with Crippen LogP contribution in [0.2, 0.25) is 0 Å². The SMILES string of the molecule is C[C@@H](NC(=O)C(C)(C)C)[C@H](c1cccs1)N1CCOCC1. The molecular formula is C16H26N2O2S. The highest BCUT2D eigenvalue weighted by Gasteiger charge is 2.31. The lowest BCUT2D eigenvalue weighted by atomic mass is 9.94. The molecule has 4 nitrogen and oxygen atoms in total. The minimum Gasteiger partial charge on any atom is -0.379 e. The Balaban J connectivity index is 2.13. The zero-order valence-corrected chi connectivity index (χ0v) is 14.2. The summed E-state index contributed by atoms with van der Waals surface area (Å²) in [5, 5.41) is 5.29. The van der Waals surface area contributed by atoms with Gasteiger partial charge in [-0.25, -0.2) is 0 Å². The average Bonchev–Trinajstić information content (AvgIpc) is 2.93. The molecule has 5 heteroatoms. The van der Waals surface area contributed by atoms with Crippen LogP contribution < -0.4 is 5.32 Å². The van der Waals surface area contributed by atoms with Crippen molar-refractivity contribution in [1.82, 2.24) is 10.2 Å². The number of hydrogen-bond donors (Lipinski definition) is 1. The van der Waals surface area contributed by atoms with Crippen LogP contribution in [-0.4, -0.2) is 43.2 Å². The van der Waals surface area contributed by atoms with Gasteiger partial charge in [0, 0.05) is 29.4 Å². The number of amides is 1. The summed E-state index contributed by atoms with van der Waals surface area (Å²) >= 11 is 1.75. The molecule has 0 aromatic carbocycles. The van der Waals surface area contributed by atoms with Gasteiger partial charge in [-0.2, -0.15) is 0 Å². The van der Waals surface area contributed by atoms with Gasteiger partial charge in [-0.1, -0.05) is 26.8 Å². The molecule has 1 aliphatic heterocycles. The summed E-state index contributed by atoms with van der Waals surface area (Å²) in [5.41, 5.74) is -0.362. The van der Waals surface area contributed by atoms with Crippen molar-refractivity contribution < 1.29 is 9.53 Å². The fourth-order valence-electron chi connectivity index (χ4n) is 2.56. The molecule has 2 heterocycles. The molecule has 1 aromatic rings. The number of carbonyl (C=O) groups is 1. The number of nitrogens with zero attached hydrogens (tertiary/aromatic N) is 1. The number of rotatable bonds is 4. The number of morpholine rings is 1. The molecule has 1 amide bonds. The van der Waals surface area contributed by atoms with Crippen molar-refractivity contribution in [1.29, 1.82) is 0 Å². The topological polar surface area (TPSA) is 41.6 Å². The molecule has 0 spiro atoms. The average molecular weight is 310 g/mol. The number of carbonyl (C=O) groups excluding carboxylic acids is 1. The molecule has 1 aliphatic rings. The van der Waals surface area contributed by atoms with Gasteiger partial charge in [0.25, 0.3) is 0 Å². The summed E-state index contributed by atoms with van der Waals surface area (Å²) in [6.07, 6.45) is 0. The maximum Gasteiger partial charge on any atom is 0.225 e. The van der Waals surface area contributed by atoms with Gasteiger partial charge in [-0.05, 0) is 18.4 Å². The first kappa shape index (κ1) is 16.5. The van der Waals surface area contributed by atoms with E-state index in [-0.39, 0.29) is 23.4 Å². The number of ether oxygens (including phenoxy) is 1. The van der Waals surface area contributed by atoms with Crippen LogP contribution in [0.3, 0.4) is 0 Å². The van der Waals surface area contributed by atoms with Crippen molar-refractivity contribution >= 4 is 17.2 Å². The van der Waals surface area contributed by atoms with E-state index in [0.29, 0.717) is 0 Å². The van der Waals surface area contributed by atoms with E-state index in [0.717, 1.165) is 26.3 Å². The highest BCUT2D eigenvalue weighted by atomic mass is 32.1. The zero-order valence-electron chi connectivity index (χ0n) is 13.4. The summed E-state index contributed by atoms with van der Waals surface area (Å²) in [5.74, 6) is 0.102. The molecule has 2 rings (SSSR count). The Labute approximate surface area is 131 Å². The molecule has 1 aromatic heterocycles. The summed E-state index contributed by atoms with van der Waals surface area (Å²) in [6, 6.07) is 4.53. The smallest absolute Gasteiger partial charge is 0.225 e. The van der Waals surface area contributed by atoms with Crippen LogP contribution in [0, 0.1) is 5.41 Å². The first-order valence-electron chi connectivity index (χ1n) is 7.56. The Morgan fingerprint density at radius 1 is 1.38 bits per heavy atom. The van der Waals surface area contributed by atoms with Crippen molar-refractivity contribution in [2.75, 3.05) is 26.3 Å². The van der Waals surface area contributed by atoms with E-state index in [1.54, 1.807) is 11.3 Å². The van der Waals surface area contributed by atoms with Crippen LogP contribution in [0.25, 0.3) is 0 Å². The van der Waals surface area contributed by atoms with E-state index in [1.165, 1.54) is 4.88 Å². The van der Waals surface area contributed by atoms with Gasteiger partial charge in [-0.15, -0.1) is 11.3 Å². The van der Waals surface area contributed by atoms with Gasteiger partial charge in [0.05, 0.1) is 19.3 Å². The largest absolute Gasteiger partial charge is 0.379 e. The van der Waals surface area contributed by atoms with Crippen LogP contribution in [-0.2, 0) is 9.53 Å². The third-order valence-corrected chi connectivity index (χ3v) is 4.73. The van der Waals surface area contributed by atoms with Gasteiger partial charge in [0.15, 0.2) is 0 Å². The third kappa shape index (κ3) is 4.28. The molecular weight excluding hydrogens is 284 g/mol. The van der Waals surface area contributed by atoms with Crippen molar-refractivity contribution in [3.63, 3.8) is 0 Å². The van der Waals surface area contributed by atoms with E-state index in [1.807, 2.05) is 20.8 Å². The van der Waals surface area contributed by atoms with Crippen LogP contribution in [0.4, 0.5) is 0 Å². The maximum absolute atomic E-state index is 12.3. The van der Waals surface area contributed by atoms with Crippen LogP contribution in [0.5, 0.6) is 0 Å². The van der Waals surface area contributed by atoms with E-state index >= 15 is 0 Å². The second kappa shape index (κ2) is 6.90. The molecule has 0 aliphatic carbocycles. The Bertz CT molecular complexity index is 447. The molecule has 2 atom stereocenters. The Kier molecular flexibility index (Phi) is 5.41. The molecule has 0 radical (unpaired) electrons. The molecule has 1 fully saturated rings. The van der Waals surface area contributed by atoms with Crippen molar-refractivity contribution in [3.8, 4) is 0 Å². The van der Waals surface area contributed by atoms with Crippen molar-refractivity contribution in [3.05, 3.63) is 22.4 Å². The number of nitrogens with one attached hydrogen (secondary N) is 1. The van der Waals surface area contributed by atoms with Crippen molar-refractivity contribution in [2.24, 2.45) is 5.41 Å². The van der Waals surface area contributed by atoms with Gasteiger partial charge in [-0.3, -0.25) is 9.69 Å². The Morgan fingerprint density at radius 2 is 2.05 bits per heavy atom. The maximum atomic E-state index is 12.3. The fourth-order valence-corrected chi connectivity index (χ4v) is 3.52. The van der Waals surface area contributed by atoms with Crippen LogP contribution >= 0.6 is 11.3 Å². The fraction of sp³-hybridized carbons (Fsp3) is 0.688. The summed E-state index contributed by atoms with van der Waals surface area (Å²) in [7, 11) is 0. The lowest BCUT2D eigenvalue weighted by molar-refractivity contribution is -0.129. The minimum absolute atomic E-state index is 0.0773. The normalized spacial score (nSPS) is 20.0. The third-order valence-electron chi connectivity index (χ3n) is 3.79.